The molecule has 2 N–H and O–H groups in total. The number of benzene rings is 2. The summed E-state index contributed by atoms with van der Waals surface area (Å²) in [5.41, 5.74) is 2.51. The van der Waals surface area contributed by atoms with E-state index in [-0.39, 0.29) is 30.5 Å². The summed E-state index contributed by atoms with van der Waals surface area (Å²) in [5, 5.41) is 15.3. The number of amides is 2. The molecule has 0 radical (unpaired) electrons. The minimum absolute atomic E-state index is 0.115. The lowest BCUT2D eigenvalue weighted by Gasteiger charge is -2.10. The first-order valence-electron chi connectivity index (χ1n) is 10.4. The van der Waals surface area contributed by atoms with E-state index in [4.69, 9.17) is 16.3 Å². The van der Waals surface area contributed by atoms with Crippen molar-refractivity contribution in [2.24, 2.45) is 0 Å². The van der Waals surface area contributed by atoms with Crippen molar-refractivity contribution in [3.8, 4) is 5.75 Å². The smallest absolute Gasteiger partial charge is 0.234 e. The van der Waals surface area contributed by atoms with Gasteiger partial charge in [0.25, 0.3) is 0 Å². The van der Waals surface area contributed by atoms with Crippen LogP contribution < -0.4 is 15.4 Å². The van der Waals surface area contributed by atoms with Crippen molar-refractivity contribution in [2.45, 2.75) is 38.5 Å². The molecule has 0 aliphatic heterocycles. The Hall–Kier alpha value is -3.04. The van der Waals surface area contributed by atoms with Gasteiger partial charge in [-0.2, -0.15) is 0 Å². The van der Waals surface area contributed by atoms with Crippen LogP contribution in [0.1, 0.15) is 23.9 Å². The Kier molecular flexibility index (Phi) is 8.73. The molecule has 2 amide bonds. The molecular weight excluding hydrogens is 462 g/mol. The summed E-state index contributed by atoms with van der Waals surface area (Å²) in [6.07, 6.45) is 0.259. The third-order valence-electron chi connectivity index (χ3n) is 4.88. The first-order chi connectivity index (χ1) is 15.9. The van der Waals surface area contributed by atoms with Crippen LogP contribution >= 0.6 is 23.4 Å². The van der Waals surface area contributed by atoms with E-state index in [1.807, 2.05) is 48.7 Å². The highest BCUT2D eigenvalue weighted by molar-refractivity contribution is 7.99. The lowest BCUT2D eigenvalue weighted by molar-refractivity contribution is -0.120. The fraction of sp³-hybridized carbons (Fsp3) is 0.304. The summed E-state index contributed by atoms with van der Waals surface area (Å²) >= 11 is 7.30. The van der Waals surface area contributed by atoms with Gasteiger partial charge in [0.1, 0.15) is 5.75 Å². The number of rotatable bonds is 10. The quantitative estimate of drug-likeness (QED) is 0.421. The topological polar surface area (TPSA) is 98.1 Å². The average Bonchev–Trinajstić information content (AvgIpc) is 3.21. The number of aryl methyl sites for hydroxylation is 1. The molecule has 8 nitrogen and oxygen atoms in total. The van der Waals surface area contributed by atoms with Crippen molar-refractivity contribution in [1.29, 1.82) is 0 Å². The molecule has 0 fully saturated rings. The second-order valence-corrected chi connectivity index (χ2v) is 8.62. The van der Waals surface area contributed by atoms with Crippen molar-refractivity contribution < 1.29 is 14.3 Å². The molecule has 2 aromatic carbocycles. The van der Waals surface area contributed by atoms with Gasteiger partial charge in [-0.3, -0.25) is 9.59 Å². The number of nitrogens with zero attached hydrogens (tertiary/aromatic N) is 3. The first-order valence-corrected chi connectivity index (χ1v) is 11.8. The van der Waals surface area contributed by atoms with Gasteiger partial charge in [0.15, 0.2) is 11.0 Å². The monoisotopic (exact) mass is 487 g/mol. The Bertz CT molecular complexity index is 1120. The van der Waals surface area contributed by atoms with E-state index >= 15 is 0 Å². The molecular formula is C23H26ClN5O3S. The summed E-state index contributed by atoms with van der Waals surface area (Å²) < 4.78 is 7.02. The van der Waals surface area contributed by atoms with Crippen LogP contribution in [-0.2, 0) is 29.1 Å². The highest BCUT2D eigenvalue weighted by atomic mass is 35.5. The summed E-state index contributed by atoms with van der Waals surface area (Å²) in [4.78, 5) is 24.7. The minimum atomic E-state index is -0.162. The molecule has 174 valence electrons. The fourth-order valence-corrected chi connectivity index (χ4v) is 4.08. The van der Waals surface area contributed by atoms with Crippen molar-refractivity contribution in [3.05, 3.63) is 64.4 Å². The number of carbonyl (C=O) groups is 2. The number of thioether (sulfide) groups is 1. The molecule has 1 aromatic heterocycles. The molecule has 0 saturated carbocycles. The van der Waals surface area contributed by atoms with Crippen LogP contribution in [0, 0.1) is 6.92 Å². The number of hydrogen-bond acceptors (Lipinski definition) is 6. The average molecular weight is 488 g/mol. The van der Waals surface area contributed by atoms with Gasteiger partial charge >= 0.3 is 0 Å². The van der Waals surface area contributed by atoms with Gasteiger partial charge in [0, 0.05) is 17.3 Å². The zero-order valence-corrected chi connectivity index (χ0v) is 20.3. The SMILES string of the molecule is CCn1c(CNC(=O)Cc2ccc(OC)cc2)nnc1SCC(=O)Nc1cc(Cl)ccc1C. The fourth-order valence-electron chi connectivity index (χ4n) is 3.09. The highest BCUT2D eigenvalue weighted by Gasteiger charge is 2.15. The van der Waals surface area contributed by atoms with Crippen LogP contribution in [0.3, 0.4) is 0 Å². The molecule has 0 bridgehead atoms. The number of carbonyl (C=O) groups excluding carboxylic acids is 2. The molecule has 0 spiro atoms. The van der Waals surface area contributed by atoms with Crippen molar-refractivity contribution in [3.63, 3.8) is 0 Å². The zero-order valence-electron chi connectivity index (χ0n) is 18.7. The lowest BCUT2D eigenvalue weighted by atomic mass is 10.1. The standard InChI is InChI=1S/C23H26ClN5O3S/c1-4-29-20(13-25-21(30)11-16-6-9-18(32-3)10-7-16)27-28-23(29)33-14-22(31)26-19-12-17(24)8-5-15(19)2/h5-10,12H,4,11,13-14H2,1-3H3,(H,25,30)(H,26,31). The molecule has 0 saturated heterocycles. The predicted molar refractivity (Wildman–Crippen MR) is 130 cm³/mol. The Morgan fingerprint density at radius 2 is 1.88 bits per heavy atom. The van der Waals surface area contributed by atoms with E-state index in [1.54, 1.807) is 19.2 Å². The second-order valence-electron chi connectivity index (χ2n) is 7.24. The molecule has 3 rings (SSSR count). The van der Waals surface area contributed by atoms with Crippen LogP contribution in [-0.4, -0.2) is 39.4 Å². The summed E-state index contributed by atoms with van der Waals surface area (Å²) in [6.45, 7) is 4.74. The van der Waals surface area contributed by atoms with E-state index in [2.05, 4.69) is 20.8 Å². The number of methoxy groups -OCH3 is 1. The van der Waals surface area contributed by atoms with Crippen molar-refractivity contribution in [2.75, 3.05) is 18.2 Å². The molecule has 0 aliphatic rings. The van der Waals surface area contributed by atoms with Crippen molar-refractivity contribution in [1.82, 2.24) is 20.1 Å². The molecule has 10 heteroatoms. The van der Waals surface area contributed by atoms with E-state index < -0.39 is 0 Å². The van der Waals surface area contributed by atoms with Gasteiger partial charge in [0.2, 0.25) is 11.8 Å². The molecule has 33 heavy (non-hydrogen) atoms. The van der Waals surface area contributed by atoms with E-state index in [9.17, 15) is 9.59 Å². The van der Waals surface area contributed by atoms with Gasteiger partial charge in [-0.15, -0.1) is 10.2 Å². The molecule has 0 aliphatic carbocycles. The number of ether oxygens (including phenoxy) is 1. The van der Waals surface area contributed by atoms with Gasteiger partial charge in [0.05, 0.1) is 25.8 Å². The third kappa shape index (κ3) is 6.97. The Morgan fingerprint density at radius 3 is 2.58 bits per heavy atom. The lowest BCUT2D eigenvalue weighted by Crippen LogP contribution is -2.26. The third-order valence-corrected chi connectivity index (χ3v) is 6.09. The summed E-state index contributed by atoms with van der Waals surface area (Å²) in [6, 6.07) is 12.7. The van der Waals surface area contributed by atoms with Gasteiger partial charge < -0.3 is 19.9 Å². The number of aromatic nitrogens is 3. The first kappa shape index (κ1) is 24.6. The van der Waals surface area contributed by atoms with E-state index in [0.717, 1.165) is 16.9 Å². The zero-order chi connectivity index (χ0) is 23.8. The minimum Gasteiger partial charge on any atom is -0.497 e. The number of halogens is 1. The number of nitrogens with one attached hydrogen (secondary N) is 2. The maximum Gasteiger partial charge on any atom is 0.234 e. The maximum atomic E-state index is 12.4. The second kappa shape index (κ2) is 11.7. The Labute approximate surface area is 202 Å². The van der Waals surface area contributed by atoms with Crippen LogP contribution in [0.25, 0.3) is 0 Å². The van der Waals surface area contributed by atoms with Crippen LogP contribution in [0.2, 0.25) is 5.02 Å². The number of anilines is 1. The van der Waals surface area contributed by atoms with Crippen LogP contribution in [0.15, 0.2) is 47.6 Å². The number of hydrogen-bond donors (Lipinski definition) is 2. The molecule has 0 atom stereocenters. The predicted octanol–water partition coefficient (Wildman–Crippen LogP) is 3.86. The maximum absolute atomic E-state index is 12.4. The largest absolute Gasteiger partial charge is 0.497 e. The van der Waals surface area contributed by atoms with Gasteiger partial charge in [-0.25, -0.2) is 0 Å². The Morgan fingerprint density at radius 1 is 1.12 bits per heavy atom. The van der Waals surface area contributed by atoms with E-state index in [0.29, 0.717) is 28.2 Å². The summed E-state index contributed by atoms with van der Waals surface area (Å²) in [5.74, 6) is 1.28. The van der Waals surface area contributed by atoms with Crippen LogP contribution in [0.4, 0.5) is 5.69 Å². The van der Waals surface area contributed by atoms with Crippen LogP contribution in [0.5, 0.6) is 5.75 Å². The van der Waals surface area contributed by atoms with E-state index in [1.165, 1.54) is 11.8 Å². The molecule has 3 aromatic rings. The molecule has 1 heterocycles. The summed E-state index contributed by atoms with van der Waals surface area (Å²) in [7, 11) is 1.60. The van der Waals surface area contributed by atoms with Gasteiger partial charge in [-0.1, -0.05) is 41.6 Å². The van der Waals surface area contributed by atoms with Crippen molar-refractivity contribution >= 4 is 40.9 Å². The highest BCUT2D eigenvalue weighted by Crippen LogP contribution is 2.22. The Balaban J connectivity index is 1.52. The normalized spacial score (nSPS) is 10.7. The van der Waals surface area contributed by atoms with Gasteiger partial charge in [-0.05, 0) is 49.2 Å². The molecule has 0 unspecified atom stereocenters.